The molecular weight excluding hydrogens is 502 g/mol. The number of rotatable bonds is 8. The number of thioether (sulfide) groups is 1. The monoisotopic (exact) mass is 524 g/mol. The van der Waals surface area contributed by atoms with Gasteiger partial charge in [0, 0.05) is 19.6 Å². The zero-order chi connectivity index (χ0) is 25.7. The van der Waals surface area contributed by atoms with E-state index in [0.717, 1.165) is 30.3 Å². The Hall–Kier alpha value is -2.51. The van der Waals surface area contributed by atoms with Gasteiger partial charge in [0.2, 0.25) is 0 Å². The van der Waals surface area contributed by atoms with Gasteiger partial charge >= 0.3 is 11.5 Å². The number of benzene rings is 2. The molecule has 0 aliphatic rings. The van der Waals surface area contributed by atoms with E-state index in [2.05, 4.69) is 19.6 Å². The molecule has 13 heteroatoms. The van der Waals surface area contributed by atoms with Crippen molar-refractivity contribution in [1.82, 2.24) is 4.90 Å². The highest BCUT2D eigenvalue weighted by Crippen LogP contribution is 2.37. The van der Waals surface area contributed by atoms with Crippen LogP contribution in [0.2, 0.25) is 25.7 Å². The Labute approximate surface area is 197 Å². The molecule has 2 aromatic carbocycles. The number of nitrogens with one attached hydrogen (secondary N) is 1. The number of ether oxygens (including phenoxy) is 1. The quantitative estimate of drug-likeness (QED) is 0.137. The summed E-state index contributed by atoms with van der Waals surface area (Å²) in [5.74, 6) is -5.01. The van der Waals surface area contributed by atoms with Crippen molar-refractivity contribution in [3.05, 3.63) is 59.4 Å². The van der Waals surface area contributed by atoms with Crippen LogP contribution in [-0.4, -0.2) is 43.8 Å². The number of urea groups is 1. The Morgan fingerprint density at radius 1 is 1.03 bits per heavy atom. The van der Waals surface area contributed by atoms with Crippen LogP contribution in [0.4, 0.5) is 36.8 Å². The number of anilines is 1. The number of carbonyl (C=O) groups excluding carboxylic acids is 2. The van der Waals surface area contributed by atoms with Crippen molar-refractivity contribution in [3.63, 3.8) is 0 Å². The summed E-state index contributed by atoms with van der Waals surface area (Å²) in [4.78, 5) is 25.4. The third kappa shape index (κ3) is 8.36. The summed E-state index contributed by atoms with van der Waals surface area (Å²) in [6.07, 6.45) is 0. The second kappa shape index (κ2) is 11.3. The second-order valence-corrected chi connectivity index (χ2v) is 15.1. The molecule has 2 aromatic rings. The van der Waals surface area contributed by atoms with Crippen LogP contribution in [-0.2, 0) is 4.74 Å². The maximum Gasteiger partial charge on any atom is 0.446 e. The van der Waals surface area contributed by atoms with Gasteiger partial charge in [0.15, 0.2) is 0 Å². The molecular formula is C21H22F6N2O3SSi. The molecule has 3 amide bonds. The highest BCUT2D eigenvalue weighted by Gasteiger charge is 2.31. The van der Waals surface area contributed by atoms with Crippen molar-refractivity contribution in [3.8, 4) is 0 Å². The summed E-state index contributed by atoms with van der Waals surface area (Å²) in [5.41, 5.74) is -6.19. The van der Waals surface area contributed by atoms with Crippen molar-refractivity contribution < 1.29 is 40.7 Å². The number of amides is 3. The van der Waals surface area contributed by atoms with E-state index < -0.39 is 77.6 Å². The minimum Gasteiger partial charge on any atom is -0.361 e. The summed E-state index contributed by atoms with van der Waals surface area (Å²) in [6, 6.07) is 4.43. The van der Waals surface area contributed by atoms with Crippen molar-refractivity contribution >= 4 is 37.5 Å². The Balaban J connectivity index is 2.25. The molecule has 5 nitrogen and oxygen atoms in total. The lowest BCUT2D eigenvalue weighted by molar-refractivity contribution is -0.0328. The standard InChI is InChI=1S/C21H22F6N2O3SSi/c1-34(2,3)10-9-32-12-29(19(30)18-14(22)5-4-6-15(18)23)20(31)28-17-8-7-13(11-16(17)24)33-21(25,26)27/h4-8,11H,9-10,12H2,1-3H3,(H,28,31). The number of hydrogen-bond acceptors (Lipinski definition) is 4. The third-order valence-electron chi connectivity index (χ3n) is 4.30. The summed E-state index contributed by atoms with van der Waals surface area (Å²) in [6.45, 7) is 5.65. The van der Waals surface area contributed by atoms with E-state index >= 15 is 0 Å². The molecule has 2 rings (SSSR count). The third-order valence-corrected chi connectivity index (χ3v) is 6.72. The summed E-state index contributed by atoms with van der Waals surface area (Å²) >= 11 is -0.548. The fourth-order valence-corrected chi connectivity index (χ4v) is 3.88. The molecule has 0 saturated carbocycles. The number of imide groups is 1. The van der Waals surface area contributed by atoms with E-state index in [1.807, 2.05) is 5.32 Å². The van der Waals surface area contributed by atoms with Crippen LogP contribution in [0.1, 0.15) is 10.4 Å². The number of hydrogen-bond donors (Lipinski definition) is 1. The first-order chi connectivity index (χ1) is 15.7. The van der Waals surface area contributed by atoms with Gasteiger partial charge in [-0.3, -0.25) is 4.79 Å². The smallest absolute Gasteiger partial charge is 0.361 e. The Kier molecular flexibility index (Phi) is 9.20. The lowest BCUT2D eigenvalue weighted by Crippen LogP contribution is -2.42. The van der Waals surface area contributed by atoms with Crippen molar-refractivity contribution in [2.24, 2.45) is 0 Å². The van der Waals surface area contributed by atoms with Gasteiger partial charge in [0.05, 0.1) is 5.69 Å². The number of carbonyl (C=O) groups is 2. The highest BCUT2D eigenvalue weighted by molar-refractivity contribution is 8.00. The van der Waals surface area contributed by atoms with Gasteiger partial charge in [-0.15, -0.1) is 0 Å². The molecule has 0 unspecified atom stereocenters. The molecule has 0 spiro atoms. The van der Waals surface area contributed by atoms with Crippen molar-refractivity contribution in [2.75, 3.05) is 18.7 Å². The largest absolute Gasteiger partial charge is 0.446 e. The maximum absolute atomic E-state index is 14.3. The van der Waals surface area contributed by atoms with Crippen LogP contribution in [0.15, 0.2) is 41.3 Å². The zero-order valence-corrected chi connectivity index (χ0v) is 20.2. The molecule has 0 saturated heterocycles. The van der Waals surface area contributed by atoms with Crippen LogP contribution in [0.25, 0.3) is 0 Å². The van der Waals surface area contributed by atoms with Crippen LogP contribution in [0, 0.1) is 17.5 Å². The zero-order valence-electron chi connectivity index (χ0n) is 18.4. The predicted molar refractivity (Wildman–Crippen MR) is 119 cm³/mol. The molecule has 0 aromatic heterocycles. The lowest BCUT2D eigenvalue weighted by atomic mass is 10.1. The molecule has 0 atom stereocenters. The van der Waals surface area contributed by atoms with Crippen LogP contribution < -0.4 is 5.32 Å². The average Bonchev–Trinajstić information content (AvgIpc) is 2.67. The van der Waals surface area contributed by atoms with E-state index in [0.29, 0.717) is 17.0 Å². The fraction of sp³-hybridized carbons (Fsp3) is 0.333. The van der Waals surface area contributed by atoms with Gasteiger partial charge in [0.1, 0.15) is 29.7 Å². The van der Waals surface area contributed by atoms with Gasteiger partial charge < -0.3 is 10.1 Å². The van der Waals surface area contributed by atoms with Gasteiger partial charge in [0.25, 0.3) is 5.91 Å². The minimum atomic E-state index is -4.64. The van der Waals surface area contributed by atoms with Crippen LogP contribution >= 0.6 is 11.8 Å². The number of alkyl halides is 3. The van der Waals surface area contributed by atoms with Gasteiger partial charge in [-0.2, -0.15) is 13.2 Å². The highest BCUT2D eigenvalue weighted by atomic mass is 32.2. The average molecular weight is 525 g/mol. The molecule has 0 radical (unpaired) electrons. The number of nitrogens with zero attached hydrogens (tertiary/aromatic N) is 1. The minimum absolute atomic E-state index is 0.157. The predicted octanol–water partition coefficient (Wildman–Crippen LogP) is 6.70. The Morgan fingerprint density at radius 2 is 1.65 bits per heavy atom. The van der Waals surface area contributed by atoms with E-state index in [-0.39, 0.29) is 6.61 Å². The summed E-state index contributed by atoms with van der Waals surface area (Å²) < 4.78 is 85.4. The number of halogens is 6. The van der Waals surface area contributed by atoms with E-state index in [4.69, 9.17) is 4.74 Å². The normalized spacial score (nSPS) is 11.9. The maximum atomic E-state index is 14.3. The van der Waals surface area contributed by atoms with E-state index in [1.165, 1.54) is 0 Å². The summed E-state index contributed by atoms with van der Waals surface area (Å²) in [5, 5.41) is 2.03. The van der Waals surface area contributed by atoms with Crippen molar-refractivity contribution in [1.29, 1.82) is 0 Å². The van der Waals surface area contributed by atoms with E-state index in [1.54, 1.807) is 0 Å². The topological polar surface area (TPSA) is 58.6 Å². The molecule has 186 valence electrons. The Morgan fingerprint density at radius 3 is 2.18 bits per heavy atom. The molecule has 0 fully saturated rings. The second-order valence-electron chi connectivity index (χ2n) is 8.30. The molecule has 0 aliphatic heterocycles. The van der Waals surface area contributed by atoms with Gasteiger partial charge in [-0.1, -0.05) is 25.7 Å². The Bertz CT molecular complexity index is 1030. The van der Waals surface area contributed by atoms with Gasteiger partial charge in [-0.25, -0.2) is 22.9 Å². The fourth-order valence-electron chi connectivity index (χ4n) is 2.56. The first-order valence-electron chi connectivity index (χ1n) is 9.88. The molecule has 1 N–H and O–H groups in total. The molecule has 0 heterocycles. The molecule has 0 aliphatic carbocycles. The van der Waals surface area contributed by atoms with E-state index in [9.17, 15) is 35.9 Å². The molecule has 0 bridgehead atoms. The first-order valence-corrected chi connectivity index (χ1v) is 14.4. The van der Waals surface area contributed by atoms with Crippen molar-refractivity contribution in [2.45, 2.75) is 36.1 Å². The summed E-state index contributed by atoms with van der Waals surface area (Å²) in [7, 11) is -1.54. The van der Waals surface area contributed by atoms with Crippen LogP contribution in [0.3, 0.4) is 0 Å². The molecule has 34 heavy (non-hydrogen) atoms. The SMILES string of the molecule is C[Si](C)(C)CCOCN(C(=O)Nc1ccc(SC(F)(F)F)cc1F)C(=O)c1c(F)cccc1F. The first kappa shape index (κ1) is 27.7. The van der Waals surface area contributed by atoms with Gasteiger partial charge in [-0.05, 0) is 48.1 Å². The lowest BCUT2D eigenvalue weighted by Gasteiger charge is -2.23. The van der Waals surface area contributed by atoms with Crippen LogP contribution in [0.5, 0.6) is 0 Å².